The molecule has 0 unspecified atom stereocenters. The van der Waals surface area contributed by atoms with Gasteiger partial charge in [-0.25, -0.2) is 0 Å². The zero-order valence-corrected chi connectivity index (χ0v) is 9.91. The van der Waals surface area contributed by atoms with Gasteiger partial charge in [-0.2, -0.15) is 0 Å². The second kappa shape index (κ2) is 6.94. The number of hydrogen-bond acceptors (Lipinski definition) is 1. The number of rotatable bonds is 5. The molecular formula is C9H15Cl3O. The van der Waals surface area contributed by atoms with Crippen LogP contribution in [0, 0.1) is 0 Å². The van der Waals surface area contributed by atoms with Crippen molar-refractivity contribution in [3.05, 3.63) is 12.2 Å². The van der Waals surface area contributed by atoms with Crippen molar-refractivity contribution in [3.63, 3.8) is 0 Å². The molecule has 1 atom stereocenters. The number of aliphatic hydroxyl groups excluding tert-OH is 1. The lowest BCUT2D eigenvalue weighted by Gasteiger charge is -2.14. The molecule has 0 amide bonds. The van der Waals surface area contributed by atoms with Crippen LogP contribution in [-0.2, 0) is 0 Å². The lowest BCUT2D eigenvalue weighted by atomic mass is 10.2. The molecule has 0 heterocycles. The van der Waals surface area contributed by atoms with Crippen LogP contribution in [0.25, 0.3) is 0 Å². The number of halogens is 3. The predicted octanol–water partition coefficient (Wildman–Crippen LogP) is 3.85. The Morgan fingerprint density at radius 2 is 1.92 bits per heavy atom. The second-order valence-corrected chi connectivity index (χ2v) is 5.28. The molecule has 4 heteroatoms. The first-order valence-corrected chi connectivity index (χ1v) is 5.53. The summed E-state index contributed by atoms with van der Waals surface area (Å²) in [5.41, 5.74) is 0. The molecule has 0 radical (unpaired) electrons. The van der Waals surface area contributed by atoms with Gasteiger partial charge in [0.15, 0.2) is 0 Å². The maximum Gasteiger partial charge on any atom is 0.219 e. The van der Waals surface area contributed by atoms with Gasteiger partial charge in [0.25, 0.3) is 0 Å². The van der Waals surface area contributed by atoms with Crippen LogP contribution >= 0.6 is 34.8 Å². The quantitative estimate of drug-likeness (QED) is 0.443. The molecule has 0 aromatic heterocycles. The number of unbranched alkanes of at least 4 members (excludes halogenated alkanes) is 3. The van der Waals surface area contributed by atoms with Crippen LogP contribution in [0.1, 0.15) is 32.6 Å². The van der Waals surface area contributed by atoms with Crippen LogP contribution < -0.4 is 0 Å². The fourth-order valence-corrected chi connectivity index (χ4v) is 1.06. The Kier molecular flexibility index (Phi) is 7.25. The first-order chi connectivity index (χ1) is 5.98. The van der Waals surface area contributed by atoms with Gasteiger partial charge >= 0.3 is 0 Å². The Morgan fingerprint density at radius 3 is 2.38 bits per heavy atom. The van der Waals surface area contributed by atoms with Crippen LogP contribution in [0.4, 0.5) is 0 Å². The van der Waals surface area contributed by atoms with E-state index in [1.165, 1.54) is 18.9 Å². The Morgan fingerprint density at radius 1 is 1.31 bits per heavy atom. The van der Waals surface area contributed by atoms with Gasteiger partial charge in [0, 0.05) is 0 Å². The molecule has 1 nitrogen and oxygen atoms in total. The van der Waals surface area contributed by atoms with E-state index in [4.69, 9.17) is 34.8 Å². The molecular weight excluding hydrogens is 230 g/mol. The Labute approximate surface area is 94.7 Å². The molecule has 0 saturated heterocycles. The highest BCUT2D eigenvalue weighted by Crippen LogP contribution is 2.30. The van der Waals surface area contributed by atoms with Crippen molar-refractivity contribution in [1.29, 1.82) is 0 Å². The van der Waals surface area contributed by atoms with Crippen LogP contribution in [0.2, 0.25) is 0 Å². The minimum atomic E-state index is -1.61. The maximum absolute atomic E-state index is 9.26. The first-order valence-electron chi connectivity index (χ1n) is 4.40. The third kappa shape index (κ3) is 7.63. The van der Waals surface area contributed by atoms with Crippen molar-refractivity contribution >= 4 is 34.8 Å². The lowest BCUT2D eigenvalue weighted by Crippen LogP contribution is -2.22. The summed E-state index contributed by atoms with van der Waals surface area (Å²) in [5.74, 6) is 0. The molecule has 0 aromatic rings. The fourth-order valence-electron chi connectivity index (χ4n) is 0.846. The zero-order chi connectivity index (χ0) is 10.3. The van der Waals surface area contributed by atoms with Gasteiger partial charge < -0.3 is 5.11 Å². The highest BCUT2D eigenvalue weighted by molar-refractivity contribution is 6.68. The summed E-state index contributed by atoms with van der Waals surface area (Å²) in [7, 11) is 0. The molecule has 0 saturated carbocycles. The molecule has 0 aliphatic rings. The molecule has 0 bridgehead atoms. The van der Waals surface area contributed by atoms with E-state index >= 15 is 0 Å². The van der Waals surface area contributed by atoms with Crippen LogP contribution in [0.3, 0.4) is 0 Å². The van der Waals surface area contributed by atoms with Crippen LogP contribution in [-0.4, -0.2) is 15.0 Å². The van der Waals surface area contributed by atoms with Gasteiger partial charge in [0.2, 0.25) is 3.79 Å². The zero-order valence-electron chi connectivity index (χ0n) is 7.64. The van der Waals surface area contributed by atoms with Gasteiger partial charge in [0.1, 0.15) is 6.10 Å². The smallest absolute Gasteiger partial charge is 0.219 e. The molecule has 78 valence electrons. The Bertz CT molecular complexity index is 151. The fraction of sp³-hybridized carbons (Fsp3) is 0.778. The van der Waals surface area contributed by atoms with Crippen LogP contribution in [0.15, 0.2) is 12.2 Å². The summed E-state index contributed by atoms with van der Waals surface area (Å²) >= 11 is 16.4. The average Bonchev–Trinajstić information content (AvgIpc) is 2.02. The summed E-state index contributed by atoms with van der Waals surface area (Å²) in [5, 5.41) is 9.26. The Balaban J connectivity index is 3.60. The largest absolute Gasteiger partial charge is 0.385 e. The predicted molar refractivity (Wildman–Crippen MR) is 59.6 cm³/mol. The average molecular weight is 246 g/mol. The molecule has 0 aliphatic carbocycles. The molecule has 0 aliphatic heterocycles. The van der Waals surface area contributed by atoms with E-state index in [0.717, 1.165) is 12.8 Å². The van der Waals surface area contributed by atoms with Gasteiger partial charge in [-0.1, -0.05) is 66.7 Å². The van der Waals surface area contributed by atoms with Crippen molar-refractivity contribution in [3.8, 4) is 0 Å². The van der Waals surface area contributed by atoms with E-state index in [0.29, 0.717) is 0 Å². The van der Waals surface area contributed by atoms with E-state index in [9.17, 15) is 5.11 Å². The third-order valence-corrected chi connectivity index (χ3v) is 2.30. The monoisotopic (exact) mass is 244 g/mol. The normalized spacial score (nSPS) is 15.2. The summed E-state index contributed by atoms with van der Waals surface area (Å²) in [6, 6.07) is 0. The van der Waals surface area contributed by atoms with Gasteiger partial charge in [0.05, 0.1) is 0 Å². The lowest BCUT2D eigenvalue weighted by molar-refractivity contribution is 0.227. The van der Waals surface area contributed by atoms with E-state index in [-0.39, 0.29) is 0 Å². The van der Waals surface area contributed by atoms with Gasteiger partial charge in [-0.05, 0) is 12.8 Å². The second-order valence-electron chi connectivity index (χ2n) is 2.91. The van der Waals surface area contributed by atoms with E-state index in [2.05, 4.69) is 6.92 Å². The molecule has 1 N–H and O–H groups in total. The SMILES string of the molecule is CCCCC/C=C/[C@H](O)C(Cl)(Cl)Cl. The molecule has 0 rings (SSSR count). The first kappa shape index (κ1) is 13.6. The van der Waals surface area contributed by atoms with Crippen molar-refractivity contribution in [1.82, 2.24) is 0 Å². The summed E-state index contributed by atoms with van der Waals surface area (Å²) < 4.78 is -1.61. The summed E-state index contributed by atoms with van der Waals surface area (Å²) in [4.78, 5) is 0. The Hall–Kier alpha value is 0.570. The minimum absolute atomic E-state index is 0.922. The molecule has 0 fully saturated rings. The van der Waals surface area contributed by atoms with Crippen molar-refractivity contribution in [2.24, 2.45) is 0 Å². The number of allylic oxidation sites excluding steroid dienone is 1. The summed E-state index contributed by atoms with van der Waals surface area (Å²) in [6.45, 7) is 2.14. The highest BCUT2D eigenvalue weighted by Gasteiger charge is 2.28. The molecule has 0 aromatic carbocycles. The third-order valence-electron chi connectivity index (χ3n) is 1.63. The van der Waals surface area contributed by atoms with Gasteiger partial charge in [-0.15, -0.1) is 0 Å². The number of hydrogen-bond donors (Lipinski definition) is 1. The van der Waals surface area contributed by atoms with E-state index < -0.39 is 9.90 Å². The number of aliphatic hydroxyl groups is 1. The topological polar surface area (TPSA) is 20.2 Å². The molecule has 13 heavy (non-hydrogen) atoms. The van der Waals surface area contributed by atoms with Crippen molar-refractivity contribution < 1.29 is 5.11 Å². The molecule has 0 spiro atoms. The van der Waals surface area contributed by atoms with Crippen molar-refractivity contribution in [2.45, 2.75) is 42.5 Å². The van der Waals surface area contributed by atoms with E-state index in [1.807, 2.05) is 6.08 Å². The van der Waals surface area contributed by atoms with E-state index in [1.54, 1.807) is 0 Å². The minimum Gasteiger partial charge on any atom is -0.385 e. The maximum atomic E-state index is 9.26. The van der Waals surface area contributed by atoms with Gasteiger partial charge in [-0.3, -0.25) is 0 Å². The number of alkyl halides is 3. The standard InChI is InChI=1S/C9H15Cl3O/c1-2-3-4-5-6-7-8(13)9(10,11)12/h6-8,13H,2-5H2,1H3/b7-6+/t8-/m0/s1. The summed E-state index contributed by atoms with van der Waals surface area (Å²) in [6.07, 6.45) is 6.77. The van der Waals surface area contributed by atoms with Crippen LogP contribution in [0.5, 0.6) is 0 Å². The highest BCUT2D eigenvalue weighted by atomic mass is 35.6. The van der Waals surface area contributed by atoms with Crippen molar-refractivity contribution in [2.75, 3.05) is 0 Å².